The average molecular weight is 532 g/mol. The van der Waals surface area contributed by atoms with E-state index in [1.165, 1.54) is 51.0 Å². The molecule has 0 aliphatic rings. The number of nitrogens with one attached hydrogen (secondary N) is 1. The van der Waals surface area contributed by atoms with E-state index >= 15 is 0 Å². The van der Waals surface area contributed by atoms with Gasteiger partial charge < -0.3 is 15.5 Å². The van der Waals surface area contributed by atoms with Crippen molar-refractivity contribution in [2.75, 3.05) is 5.75 Å². The SMILES string of the molecule is CCCC/C=C/CC/C=C/C(O)C(CS(=O)(=O)O)NC(=O)C(O)CCCCCCCCCCCCC. The summed E-state index contributed by atoms with van der Waals surface area (Å²) in [5, 5.41) is 23.0. The maximum absolute atomic E-state index is 12.4. The number of amides is 1. The fourth-order valence-corrected chi connectivity index (χ4v) is 4.72. The Morgan fingerprint density at radius 3 is 1.81 bits per heavy atom. The third-order valence-electron chi connectivity index (χ3n) is 6.24. The zero-order valence-electron chi connectivity index (χ0n) is 22.7. The molecular formula is C28H53NO6S. The van der Waals surface area contributed by atoms with Crippen molar-refractivity contribution < 1.29 is 28.0 Å². The van der Waals surface area contributed by atoms with Gasteiger partial charge in [0.2, 0.25) is 5.91 Å². The minimum atomic E-state index is -4.43. The Bertz CT molecular complexity index is 692. The average Bonchev–Trinajstić information content (AvgIpc) is 2.82. The number of carbonyl (C=O) groups excluding carboxylic acids is 1. The van der Waals surface area contributed by atoms with Crippen LogP contribution in [-0.2, 0) is 14.9 Å². The van der Waals surface area contributed by atoms with Crippen LogP contribution in [0.4, 0.5) is 0 Å². The molecule has 0 aromatic heterocycles. The van der Waals surface area contributed by atoms with Gasteiger partial charge in [-0.15, -0.1) is 0 Å². The Hall–Kier alpha value is -1.22. The molecular weight excluding hydrogens is 478 g/mol. The van der Waals surface area contributed by atoms with Gasteiger partial charge in [0.15, 0.2) is 0 Å². The first-order valence-electron chi connectivity index (χ1n) is 14.1. The van der Waals surface area contributed by atoms with Gasteiger partial charge >= 0.3 is 0 Å². The van der Waals surface area contributed by atoms with Gasteiger partial charge in [0.25, 0.3) is 10.1 Å². The van der Waals surface area contributed by atoms with E-state index in [0.717, 1.165) is 44.9 Å². The lowest BCUT2D eigenvalue weighted by Gasteiger charge is -2.22. The second-order valence-electron chi connectivity index (χ2n) is 9.81. The number of aliphatic hydroxyl groups excluding tert-OH is 2. The molecule has 36 heavy (non-hydrogen) atoms. The standard InChI is InChI=1S/C28H53NO6S/c1-3-5-7-9-11-13-14-15-17-19-21-23-27(31)28(32)29-25(24-36(33,34)35)26(30)22-20-18-16-12-10-8-6-4-2/h10,12,20,22,25-27,30-31H,3-9,11,13-19,21,23-24H2,1-2H3,(H,29,32)(H,33,34,35)/b12-10+,22-20+. The quantitative estimate of drug-likeness (QED) is 0.0702. The molecule has 1 amide bonds. The number of allylic oxidation sites excluding steroid dienone is 3. The van der Waals surface area contributed by atoms with E-state index in [1.54, 1.807) is 6.08 Å². The third kappa shape index (κ3) is 22.0. The molecule has 0 spiro atoms. The topological polar surface area (TPSA) is 124 Å². The van der Waals surface area contributed by atoms with Gasteiger partial charge in [-0.25, -0.2) is 0 Å². The Morgan fingerprint density at radius 2 is 1.25 bits per heavy atom. The fourth-order valence-electron chi connectivity index (χ4n) is 3.98. The molecule has 212 valence electrons. The molecule has 0 saturated carbocycles. The van der Waals surface area contributed by atoms with Crippen LogP contribution in [0.2, 0.25) is 0 Å². The van der Waals surface area contributed by atoms with Crippen LogP contribution in [0.15, 0.2) is 24.3 Å². The normalized spacial score (nSPS) is 14.9. The highest BCUT2D eigenvalue weighted by atomic mass is 32.2. The molecule has 3 unspecified atom stereocenters. The Balaban J connectivity index is 4.32. The minimum absolute atomic E-state index is 0.276. The fraction of sp³-hybridized carbons (Fsp3) is 0.821. The van der Waals surface area contributed by atoms with Gasteiger partial charge in [-0.05, 0) is 25.7 Å². The van der Waals surface area contributed by atoms with E-state index in [4.69, 9.17) is 0 Å². The van der Waals surface area contributed by atoms with E-state index < -0.39 is 40.0 Å². The first-order chi connectivity index (χ1) is 17.2. The largest absolute Gasteiger partial charge is 0.387 e. The predicted molar refractivity (Wildman–Crippen MR) is 148 cm³/mol. The summed E-state index contributed by atoms with van der Waals surface area (Å²) in [5.41, 5.74) is 0. The van der Waals surface area contributed by atoms with E-state index in [1.807, 2.05) is 0 Å². The van der Waals surface area contributed by atoms with Crippen molar-refractivity contribution >= 4 is 16.0 Å². The van der Waals surface area contributed by atoms with Crippen molar-refractivity contribution in [1.82, 2.24) is 5.32 Å². The molecule has 7 nitrogen and oxygen atoms in total. The van der Waals surface area contributed by atoms with Crippen LogP contribution in [0, 0.1) is 0 Å². The lowest BCUT2D eigenvalue weighted by molar-refractivity contribution is -0.130. The molecule has 0 aliphatic heterocycles. The lowest BCUT2D eigenvalue weighted by atomic mass is 10.0. The van der Waals surface area contributed by atoms with Crippen LogP contribution in [0.1, 0.15) is 123 Å². The first kappa shape index (κ1) is 34.8. The second-order valence-corrected chi connectivity index (χ2v) is 11.3. The van der Waals surface area contributed by atoms with Crippen LogP contribution in [0.3, 0.4) is 0 Å². The molecule has 0 aromatic carbocycles. The Labute approximate surface area is 220 Å². The third-order valence-corrected chi connectivity index (χ3v) is 7.02. The van der Waals surface area contributed by atoms with Crippen molar-refractivity contribution in [3.05, 3.63) is 24.3 Å². The maximum atomic E-state index is 12.4. The summed E-state index contributed by atoms with van der Waals surface area (Å²) in [5.74, 6) is -1.56. The number of hydrogen-bond donors (Lipinski definition) is 4. The van der Waals surface area contributed by atoms with Gasteiger partial charge in [-0.3, -0.25) is 9.35 Å². The van der Waals surface area contributed by atoms with Gasteiger partial charge in [-0.1, -0.05) is 122 Å². The zero-order valence-corrected chi connectivity index (χ0v) is 23.6. The second kappa shape index (κ2) is 22.9. The molecule has 0 fully saturated rings. The minimum Gasteiger partial charge on any atom is -0.387 e. The summed E-state index contributed by atoms with van der Waals surface area (Å²) in [6.07, 6.45) is 22.6. The molecule has 0 heterocycles. The van der Waals surface area contributed by atoms with Crippen molar-refractivity contribution in [3.63, 3.8) is 0 Å². The van der Waals surface area contributed by atoms with Gasteiger partial charge in [0.05, 0.1) is 17.9 Å². The molecule has 0 aliphatic carbocycles. The molecule has 0 saturated heterocycles. The molecule has 3 atom stereocenters. The molecule has 0 rings (SSSR count). The number of unbranched alkanes of at least 4 members (excludes halogenated alkanes) is 13. The van der Waals surface area contributed by atoms with Crippen LogP contribution < -0.4 is 5.32 Å². The van der Waals surface area contributed by atoms with E-state index in [0.29, 0.717) is 12.8 Å². The van der Waals surface area contributed by atoms with Gasteiger partial charge in [0, 0.05) is 0 Å². The highest BCUT2D eigenvalue weighted by Gasteiger charge is 2.27. The summed E-state index contributed by atoms with van der Waals surface area (Å²) in [6.45, 7) is 4.35. The summed E-state index contributed by atoms with van der Waals surface area (Å²) < 4.78 is 32.0. The Kier molecular flexibility index (Phi) is 22.2. The first-order valence-corrected chi connectivity index (χ1v) is 15.8. The van der Waals surface area contributed by atoms with Crippen LogP contribution in [-0.4, -0.2) is 53.1 Å². The molecule has 0 radical (unpaired) electrons. The molecule has 0 aromatic rings. The maximum Gasteiger partial charge on any atom is 0.267 e. The zero-order chi connectivity index (χ0) is 27.1. The monoisotopic (exact) mass is 531 g/mol. The van der Waals surface area contributed by atoms with E-state index in [2.05, 4.69) is 31.3 Å². The van der Waals surface area contributed by atoms with Crippen LogP contribution in [0.25, 0.3) is 0 Å². The predicted octanol–water partition coefficient (Wildman–Crippen LogP) is 5.86. The summed E-state index contributed by atoms with van der Waals surface area (Å²) in [7, 11) is -4.43. The Morgan fingerprint density at radius 1 is 0.750 bits per heavy atom. The van der Waals surface area contributed by atoms with E-state index in [9.17, 15) is 28.0 Å². The highest BCUT2D eigenvalue weighted by Crippen LogP contribution is 2.13. The van der Waals surface area contributed by atoms with Crippen LogP contribution >= 0.6 is 0 Å². The van der Waals surface area contributed by atoms with Crippen molar-refractivity contribution in [2.45, 2.75) is 141 Å². The van der Waals surface area contributed by atoms with Crippen molar-refractivity contribution in [3.8, 4) is 0 Å². The van der Waals surface area contributed by atoms with Crippen molar-refractivity contribution in [1.29, 1.82) is 0 Å². The van der Waals surface area contributed by atoms with Gasteiger partial charge in [0.1, 0.15) is 6.10 Å². The number of hydrogen-bond acceptors (Lipinski definition) is 5. The summed E-state index contributed by atoms with van der Waals surface area (Å²) >= 11 is 0. The number of aliphatic hydroxyl groups is 2. The van der Waals surface area contributed by atoms with Crippen LogP contribution in [0.5, 0.6) is 0 Å². The lowest BCUT2D eigenvalue weighted by Crippen LogP contribution is -2.50. The van der Waals surface area contributed by atoms with Crippen molar-refractivity contribution in [2.24, 2.45) is 0 Å². The van der Waals surface area contributed by atoms with Gasteiger partial charge in [-0.2, -0.15) is 8.42 Å². The summed E-state index contributed by atoms with van der Waals surface area (Å²) in [4.78, 5) is 12.4. The molecule has 4 N–H and O–H groups in total. The highest BCUT2D eigenvalue weighted by molar-refractivity contribution is 7.85. The molecule has 8 heteroatoms. The number of rotatable bonds is 24. The number of carbonyl (C=O) groups is 1. The summed E-state index contributed by atoms with van der Waals surface area (Å²) in [6, 6.07) is -1.24. The van der Waals surface area contributed by atoms with E-state index in [-0.39, 0.29) is 6.42 Å². The smallest absolute Gasteiger partial charge is 0.267 e. The molecule has 0 bridgehead atoms.